The Kier molecular flexibility index (Phi) is 6.31. The number of carbonyl (C=O) groups is 1. The molecule has 1 rings (SSSR count). The van der Waals surface area contributed by atoms with Gasteiger partial charge in [-0.05, 0) is 6.42 Å². The number of anilines is 1. The van der Waals surface area contributed by atoms with Crippen molar-refractivity contribution >= 4 is 11.6 Å². The van der Waals surface area contributed by atoms with Gasteiger partial charge in [-0.1, -0.05) is 0 Å². The van der Waals surface area contributed by atoms with E-state index in [2.05, 4.69) is 5.10 Å². The summed E-state index contributed by atoms with van der Waals surface area (Å²) < 4.78 is 11.5. The van der Waals surface area contributed by atoms with Gasteiger partial charge in [-0.25, -0.2) is 0 Å². The van der Waals surface area contributed by atoms with Gasteiger partial charge in [0.1, 0.15) is 5.69 Å². The molecule has 19 heavy (non-hydrogen) atoms. The molecule has 0 bridgehead atoms. The molecule has 0 spiro atoms. The van der Waals surface area contributed by atoms with Crippen LogP contribution in [0, 0.1) is 0 Å². The number of nitrogens with two attached hydrogens (primary N) is 1. The third-order valence-electron chi connectivity index (χ3n) is 2.80. The number of carbonyl (C=O) groups excluding carboxylic acids is 1. The normalized spacial score (nSPS) is 10.7. The Hall–Kier alpha value is -1.60. The summed E-state index contributed by atoms with van der Waals surface area (Å²) in [4.78, 5) is 14.1. The Morgan fingerprint density at radius 3 is 2.58 bits per heavy atom. The predicted molar refractivity (Wildman–Crippen MR) is 71.9 cm³/mol. The first-order valence-corrected chi connectivity index (χ1v) is 6.16. The molecule has 0 aliphatic rings. The molecular weight excluding hydrogens is 248 g/mol. The van der Waals surface area contributed by atoms with Crippen LogP contribution in [-0.2, 0) is 16.5 Å². The second-order valence-corrected chi connectivity index (χ2v) is 4.20. The number of aromatic nitrogens is 2. The second kappa shape index (κ2) is 7.75. The molecule has 7 nitrogen and oxygen atoms in total. The standard InChI is InChI=1S/C12H22N4O3/c1-15-11(10(13)9-14-15)12(17)16(6-8-19-3)5-4-7-18-2/h9H,4-8,13H2,1-3H3. The van der Waals surface area contributed by atoms with E-state index in [0.717, 1.165) is 6.42 Å². The molecular formula is C12H22N4O3. The van der Waals surface area contributed by atoms with Gasteiger partial charge in [0.05, 0.1) is 18.5 Å². The van der Waals surface area contributed by atoms with Crippen molar-refractivity contribution in [2.75, 3.05) is 46.3 Å². The largest absolute Gasteiger partial charge is 0.396 e. The summed E-state index contributed by atoms with van der Waals surface area (Å²) in [6.45, 7) is 2.21. The molecule has 1 aromatic rings. The number of nitrogen functional groups attached to an aromatic ring is 1. The first-order valence-electron chi connectivity index (χ1n) is 6.16. The van der Waals surface area contributed by atoms with Crippen molar-refractivity contribution in [3.8, 4) is 0 Å². The maximum absolute atomic E-state index is 12.4. The zero-order chi connectivity index (χ0) is 14.3. The number of ether oxygens (including phenoxy) is 2. The van der Waals surface area contributed by atoms with Crippen LogP contribution in [-0.4, -0.2) is 61.1 Å². The molecule has 7 heteroatoms. The van der Waals surface area contributed by atoms with E-state index < -0.39 is 0 Å². The molecule has 0 aliphatic carbocycles. The highest BCUT2D eigenvalue weighted by Gasteiger charge is 2.21. The van der Waals surface area contributed by atoms with Crippen molar-refractivity contribution in [3.05, 3.63) is 11.9 Å². The molecule has 1 amide bonds. The molecule has 0 saturated heterocycles. The highest BCUT2D eigenvalue weighted by molar-refractivity contribution is 5.97. The summed E-state index contributed by atoms with van der Waals surface area (Å²) in [5.41, 5.74) is 6.58. The van der Waals surface area contributed by atoms with Gasteiger partial charge in [0, 0.05) is 41.0 Å². The fourth-order valence-corrected chi connectivity index (χ4v) is 1.78. The minimum atomic E-state index is -0.134. The first kappa shape index (κ1) is 15.5. The van der Waals surface area contributed by atoms with Crippen molar-refractivity contribution in [2.24, 2.45) is 7.05 Å². The van der Waals surface area contributed by atoms with Crippen LogP contribution in [0.15, 0.2) is 6.20 Å². The quantitative estimate of drug-likeness (QED) is 0.679. The van der Waals surface area contributed by atoms with Gasteiger partial charge in [-0.2, -0.15) is 5.10 Å². The zero-order valence-electron chi connectivity index (χ0n) is 11.8. The summed E-state index contributed by atoms with van der Waals surface area (Å²) in [5.74, 6) is -0.134. The Balaban J connectivity index is 2.75. The molecule has 1 heterocycles. The lowest BCUT2D eigenvalue weighted by Crippen LogP contribution is -2.36. The molecule has 0 aliphatic heterocycles. The van der Waals surface area contributed by atoms with E-state index in [0.29, 0.717) is 37.7 Å². The van der Waals surface area contributed by atoms with E-state index in [9.17, 15) is 4.79 Å². The highest BCUT2D eigenvalue weighted by Crippen LogP contribution is 2.12. The van der Waals surface area contributed by atoms with E-state index in [1.165, 1.54) is 10.9 Å². The molecule has 0 fully saturated rings. The topological polar surface area (TPSA) is 82.6 Å². The third kappa shape index (κ3) is 4.22. The van der Waals surface area contributed by atoms with Crippen LogP contribution >= 0.6 is 0 Å². The molecule has 1 aromatic heterocycles. The Morgan fingerprint density at radius 2 is 2.05 bits per heavy atom. The lowest BCUT2D eigenvalue weighted by atomic mass is 10.3. The molecule has 0 atom stereocenters. The Morgan fingerprint density at radius 1 is 1.37 bits per heavy atom. The predicted octanol–water partition coefficient (Wildman–Crippen LogP) is 0.127. The second-order valence-electron chi connectivity index (χ2n) is 4.20. The van der Waals surface area contributed by atoms with E-state index in [-0.39, 0.29) is 5.91 Å². The van der Waals surface area contributed by atoms with Crippen molar-refractivity contribution in [1.29, 1.82) is 0 Å². The van der Waals surface area contributed by atoms with Gasteiger partial charge in [0.15, 0.2) is 0 Å². The minimum Gasteiger partial charge on any atom is -0.396 e. The van der Waals surface area contributed by atoms with Crippen LogP contribution in [0.5, 0.6) is 0 Å². The number of aryl methyl sites for hydroxylation is 1. The van der Waals surface area contributed by atoms with Crippen molar-refractivity contribution < 1.29 is 14.3 Å². The van der Waals surface area contributed by atoms with E-state index in [1.54, 1.807) is 26.2 Å². The lowest BCUT2D eigenvalue weighted by molar-refractivity contribution is 0.0664. The Bertz CT molecular complexity index is 386. The highest BCUT2D eigenvalue weighted by atomic mass is 16.5. The number of methoxy groups -OCH3 is 2. The van der Waals surface area contributed by atoms with Gasteiger partial charge in [-0.3, -0.25) is 9.48 Å². The number of rotatable bonds is 8. The summed E-state index contributed by atoms with van der Waals surface area (Å²) in [5, 5.41) is 3.98. The van der Waals surface area contributed by atoms with Crippen LogP contribution in [0.2, 0.25) is 0 Å². The van der Waals surface area contributed by atoms with Crippen molar-refractivity contribution in [2.45, 2.75) is 6.42 Å². The SMILES string of the molecule is COCCCN(CCOC)C(=O)c1c(N)cnn1C. The van der Waals surface area contributed by atoms with Crippen LogP contribution in [0.4, 0.5) is 5.69 Å². The molecule has 2 N–H and O–H groups in total. The maximum atomic E-state index is 12.4. The average molecular weight is 270 g/mol. The summed E-state index contributed by atoms with van der Waals surface area (Å²) in [6.07, 6.45) is 2.25. The number of hydrogen-bond donors (Lipinski definition) is 1. The number of amides is 1. The fourth-order valence-electron chi connectivity index (χ4n) is 1.78. The first-order chi connectivity index (χ1) is 9.11. The molecule has 108 valence electrons. The van der Waals surface area contributed by atoms with Crippen molar-refractivity contribution in [1.82, 2.24) is 14.7 Å². The van der Waals surface area contributed by atoms with Gasteiger partial charge in [0.2, 0.25) is 0 Å². The van der Waals surface area contributed by atoms with E-state index in [1.807, 2.05) is 0 Å². The summed E-state index contributed by atoms with van der Waals surface area (Å²) in [6, 6.07) is 0. The van der Waals surface area contributed by atoms with E-state index >= 15 is 0 Å². The molecule has 0 aromatic carbocycles. The van der Waals surface area contributed by atoms with E-state index in [4.69, 9.17) is 15.2 Å². The zero-order valence-corrected chi connectivity index (χ0v) is 11.8. The summed E-state index contributed by atoms with van der Waals surface area (Å²) in [7, 11) is 4.95. The Labute approximate surface area is 113 Å². The third-order valence-corrected chi connectivity index (χ3v) is 2.80. The molecule has 0 radical (unpaired) electrons. The number of nitrogens with zero attached hydrogens (tertiary/aromatic N) is 3. The maximum Gasteiger partial charge on any atom is 0.274 e. The van der Waals surface area contributed by atoms with Gasteiger partial charge in [0.25, 0.3) is 5.91 Å². The van der Waals surface area contributed by atoms with Crippen LogP contribution < -0.4 is 5.73 Å². The average Bonchev–Trinajstić information content (AvgIpc) is 2.72. The van der Waals surface area contributed by atoms with Gasteiger partial charge in [-0.15, -0.1) is 0 Å². The van der Waals surface area contributed by atoms with Crippen molar-refractivity contribution in [3.63, 3.8) is 0 Å². The van der Waals surface area contributed by atoms with Crippen LogP contribution in [0.25, 0.3) is 0 Å². The molecule has 0 unspecified atom stereocenters. The van der Waals surface area contributed by atoms with Gasteiger partial charge >= 0.3 is 0 Å². The van der Waals surface area contributed by atoms with Crippen LogP contribution in [0.1, 0.15) is 16.9 Å². The van der Waals surface area contributed by atoms with Gasteiger partial charge < -0.3 is 20.1 Å². The minimum absolute atomic E-state index is 0.134. The lowest BCUT2D eigenvalue weighted by Gasteiger charge is -2.22. The van der Waals surface area contributed by atoms with Crippen LogP contribution in [0.3, 0.4) is 0 Å². The summed E-state index contributed by atoms with van der Waals surface area (Å²) >= 11 is 0. The smallest absolute Gasteiger partial charge is 0.274 e. The number of hydrogen-bond acceptors (Lipinski definition) is 5. The fraction of sp³-hybridized carbons (Fsp3) is 0.667. The molecule has 0 saturated carbocycles. The monoisotopic (exact) mass is 270 g/mol.